The van der Waals surface area contributed by atoms with Gasteiger partial charge in [-0.05, 0) is 42.5 Å². The van der Waals surface area contributed by atoms with Gasteiger partial charge in [-0.25, -0.2) is 4.39 Å². The second kappa shape index (κ2) is 5.52. The summed E-state index contributed by atoms with van der Waals surface area (Å²) in [5.41, 5.74) is 2.03. The lowest BCUT2D eigenvalue weighted by molar-refractivity contribution is 0.102. The van der Waals surface area contributed by atoms with E-state index in [9.17, 15) is 9.18 Å². The molecule has 0 heterocycles. The molecule has 0 aliphatic carbocycles. The summed E-state index contributed by atoms with van der Waals surface area (Å²) in [7, 11) is 3.89. The van der Waals surface area contributed by atoms with Crippen molar-refractivity contribution in [1.29, 1.82) is 0 Å². The van der Waals surface area contributed by atoms with Gasteiger partial charge in [-0.2, -0.15) is 0 Å². The highest BCUT2D eigenvalue weighted by atomic mass is 19.1. The van der Waals surface area contributed by atoms with Crippen molar-refractivity contribution in [2.24, 2.45) is 0 Å². The Morgan fingerprint density at radius 3 is 2.37 bits per heavy atom. The summed E-state index contributed by atoms with van der Waals surface area (Å²) in [5.74, 6) is -0.743. The van der Waals surface area contributed by atoms with E-state index in [4.69, 9.17) is 0 Å². The van der Waals surface area contributed by atoms with Gasteiger partial charge in [-0.1, -0.05) is 6.07 Å². The lowest BCUT2D eigenvalue weighted by atomic mass is 10.2. The molecule has 0 saturated heterocycles. The summed E-state index contributed by atoms with van der Waals surface area (Å²) in [4.78, 5) is 13.9. The van der Waals surface area contributed by atoms with E-state index in [0.717, 1.165) is 5.69 Å². The van der Waals surface area contributed by atoms with Crippen molar-refractivity contribution in [3.63, 3.8) is 0 Å². The second-order valence-corrected chi connectivity index (χ2v) is 4.41. The molecule has 4 heteroatoms. The first-order valence-corrected chi connectivity index (χ1v) is 5.90. The van der Waals surface area contributed by atoms with Gasteiger partial charge in [0.05, 0.1) is 0 Å². The SMILES string of the molecule is CN(C)c1ccc(NC(=O)c2cccc(F)c2)cc1. The maximum Gasteiger partial charge on any atom is 0.255 e. The van der Waals surface area contributed by atoms with Crippen molar-refractivity contribution in [3.8, 4) is 0 Å². The molecule has 1 amide bonds. The lowest BCUT2D eigenvalue weighted by Gasteiger charge is -2.13. The van der Waals surface area contributed by atoms with Gasteiger partial charge in [-0.15, -0.1) is 0 Å². The van der Waals surface area contributed by atoms with Gasteiger partial charge in [0, 0.05) is 31.0 Å². The number of hydrogen-bond donors (Lipinski definition) is 1. The number of nitrogens with one attached hydrogen (secondary N) is 1. The van der Waals surface area contributed by atoms with Gasteiger partial charge in [0.25, 0.3) is 5.91 Å². The molecule has 3 nitrogen and oxygen atoms in total. The maximum absolute atomic E-state index is 13.0. The first-order chi connectivity index (χ1) is 9.06. The van der Waals surface area contributed by atoms with Crippen molar-refractivity contribution in [3.05, 3.63) is 59.9 Å². The molecule has 19 heavy (non-hydrogen) atoms. The van der Waals surface area contributed by atoms with Crippen molar-refractivity contribution in [2.75, 3.05) is 24.3 Å². The summed E-state index contributed by atoms with van der Waals surface area (Å²) in [6, 6.07) is 13.0. The predicted molar refractivity (Wildman–Crippen MR) is 75.1 cm³/mol. The first-order valence-electron chi connectivity index (χ1n) is 5.90. The Morgan fingerprint density at radius 2 is 1.79 bits per heavy atom. The van der Waals surface area contributed by atoms with Crippen LogP contribution in [-0.2, 0) is 0 Å². The van der Waals surface area contributed by atoms with Crippen LogP contribution in [0.4, 0.5) is 15.8 Å². The minimum absolute atomic E-state index is 0.302. The van der Waals surface area contributed by atoms with Gasteiger partial charge in [0.15, 0.2) is 0 Å². The zero-order valence-corrected chi connectivity index (χ0v) is 10.9. The fraction of sp³-hybridized carbons (Fsp3) is 0.133. The average Bonchev–Trinajstić information content (AvgIpc) is 2.39. The molecule has 0 aromatic heterocycles. The van der Waals surface area contributed by atoms with Crippen LogP contribution < -0.4 is 10.2 Å². The quantitative estimate of drug-likeness (QED) is 0.917. The van der Waals surface area contributed by atoms with Crippen LogP contribution in [0.5, 0.6) is 0 Å². The molecular weight excluding hydrogens is 243 g/mol. The number of benzene rings is 2. The molecule has 98 valence electrons. The summed E-state index contributed by atoms with van der Waals surface area (Å²) >= 11 is 0. The summed E-state index contributed by atoms with van der Waals surface area (Å²) in [6.45, 7) is 0. The number of nitrogens with zero attached hydrogens (tertiary/aromatic N) is 1. The van der Waals surface area contributed by atoms with Crippen molar-refractivity contribution in [1.82, 2.24) is 0 Å². The third kappa shape index (κ3) is 3.31. The minimum atomic E-state index is -0.421. The molecule has 0 unspecified atom stereocenters. The number of carbonyl (C=O) groups excluding carboxylic acids is 1. The van der Waals surface area contributed by atoms with Crippen LogP contribution in [-0.4, -0.2) is 20.0 Å². The van der Waals surface area contributed by atoms with Crippen molar-refractivity contribution < 1.29 is 9.18 Å². The van der Waals surface area contributed by atoms with E-state index >= 15 is 0 Å². The zero-order valence-electron chi connectivity index (χ0n) is 10.9. The molecule has 0 fully saturated rings. The summed E-state index contributed by atoms with van der Waals surface area (Å²) in [5, 5.41) is 2.73. The Bertz CT molecular complexity index is 579. The number of anilines is 2. The molecule has 0 saturated carbocycles. The van der Waals surface area contributed by atoms with E-state index in [-0.39, 0.29) is 5.91 Å². The number of hydrogen-bond acceptors (Lipinski definition) is 2. The van der Waals surface area contributed by atoms with E-state index in [2.05, 4.69) is 5.32 Å². The summed E-state index contributed by atoms with van der Waals surface area (Å²) in [6.07, 6.45) is 0. The predicted octanol–water partition coefficient (Wildman–Crippen LogP) is 3.14. The number of halogens is 1. The van der Waals surface area contributed by atoms with E-state index in [0.29, 0.717) is 11.3 Å². The van der Waals surface area contributed by atoms with Crippen LogP contribution in [0.15, 0.2) is 48.5 Å². The molecule has 1 N–H and O–H groups in total. The van der Waals surface area contributed by atoms with E-state index < -0.39 is 5.82 Å². The Hall–Kier alpha value is -2.36. The monoisotopic (exact) mass is 258 g/mol. The third-order valence-electron chi connectivity index (χ3n) is 2.73. The standard InChI is InChI=1S/C15H15FN2O/c1-18(2)14-8-6-13(7-9-14)17-15(19)11-4-3-5-12(16)10-11/h3-10H,1-2H3,(H,17,19). The van der Waals surface area contributed by atoms with E-state index in [1.54, 1.807) is 6.07 Å². The van der Waals surface area contributed by atoms with Gasteiger partial charge in [-0.3, -0.25) is 4.79 Å². The minimum Gasteiger partial charge on any atom is -0.378 e. The van der Waals surface area contributed by atoms with Gasteiger partial charge < -0.3 is 10.2 Å². The van der Waals surface area contributed by atoms with E-state index in [1.807, 2.05) is 43.3 Å². The van der Waals surface area contributed by atoms with Crippen LogP contribution in [0.2, 0.25) is 0 Å². The molecule has 0 bridgehead atoms. The first kappa shape index (κ1) is 13.1. The highest BCUT2D eigenvalue weighted by Crippen LogP contribution is 2.16. The second-order valence-electron chi connectivity index (χ2n) is 4.41. The molecule has 2 aromatic carbocycles. The largest absolute Gasteiger partial charge is 0.378 e. The molecule has 0 aliphatic rings. The number of carbonyl (C=O) groups is 1. The highest BCUT2D eigenvalue weighted by Gasteiger charge is 2.06. The Balaban J connectivity index is 2.10. The fourth-order valence-corrected chi connectivity index (χ4v) is 1.68. The smallest absolute Gasteiger partial charge is 0.255 e. The molecule has 0 atom stereocenters. The average molecular weight is 258 g/mol. The molecule has 0 aliphatic heterocycles. The van der Waals surface area contributed by atoms with Crippen LogP contribution in [0.25, 0.3) is 0 Å². The molecular formula is C15H15FN2O. The molecule has 2 rings (SSSR count). The highest BCUT2D eigenvalue weighted by molar-refractivity contribution is 6.04. The van der Waals surface area contributed by atoms with Gasteiger partial charge in [0.2, 0.25) is 0 Å². The Morgan fingerprint density at radius 1 is 1.11 bits per heavy atom. The molecule has 0 spiro atoms. The number of amides is 1. The van der Waals surface area contributed by atoms with Crippen LogP contribution >= 0.6 is 0 Å². The lowest BCUT2D eigenvalue weighted by Crippen LogP contribution is -2.12. The third-order valence-corrected chi connectivity index (χ3v) is 2.73. The topological polar surface area (TPSA) is 32.3 Å². The number of rotatable bonds is 3. The normalized spacial score (nSPS) is 10.1. The van der Waals surface area contributed by atoms with Crippen LogP contribution in [0.1, 0.15) is 10.4 Å². The zero-order chi connectivity index (χ0) is 13.8. The van der Waals surface area contributed by atoms with Gasteiger partial charge in [0.1, 0.15) is 5.82 Å². The molecule has 2 aromatic rings. The fourth-order valence-electron chi connectivity index (χ4n) is 1.68. The maximum atomic E-state index is 13.0. The van der Waals surface area contributed by atoms with Crippen molar-refractivity contribution in [2.45, 2.75) is 0 Å². The van der Waals surface area contributed by atoms with E-state index in [1.165, 1.54) is 18.2 Å². The van der Waals surface area contributed by atoms with Crippen LogP contribution in [0, 0.1) is 5.82 Å². The Kier molecular flexibility index (Phi) is 3.80. The Labute approximate surface area is 111 Å². The van der Waals surface area contributed by atoms with Crippen molar-refractivity contribution >= 4 is 17.3 Å². The van der Waals surface area contributed by atoms with Crippen LogP contribution in [0.3, 0.4) is 0 Å². The summed E-state index contributed by atoms with van der Waals surface area (Å²) < 4.78 is 13.0. The van der Waals surface area contributed by atoms with Gasteiger partial charge >= 0.3 is 0 Å². The molecule has 0 radical (unpaired) electrons.